The fourth-order valence-corrected chi connectivity index (χ4v) is 0.642. The molecule has 3 heteroatoms. The van der Waals surface area contributed by atoms with Crippen LogP contribution < -0.4 is 11.5 Å². The first kappa shape index (κ1) is 12.0. The third-order valence-corrected chi connectivity index (χ3v) is 1.16. The van der Waals surface area contributed by atoms with Gasteiger partial charge in [0.05, 0.1) is 0 Å². The van der Waals surface area contributed by atoms with Gasteiger partial charge in [0.1, 0.15) is 0 Å². The summed E-state index contributed by atoms with van der Waals surface area (Å²) in [5, 5.41) is 0. The number of hydrogen-bond donors (Lipinski definition) is 2. The summed E-state index contributed by atoms with van der Waals surface area (Å²) in [4.78, 5) is 0. The third kappa shape index (κ3) is 11.7. The van der Waals surface area contributed by atoms with Crippen LogP contribution >= 0.6 is 13.5 Å². The van der Waals surface area contributed by atoms with E-state index in [2.05, 4.69) is 0 Å². The van der Waals surface area contributed by atoms with Crippen molar-refractivity contribution in [3.05, 3.63) is 0 Å². The summed E-state index contributed by atoms with van der Waals surface area (Å²) in [6.45, 7) is 1.65. The van der Waals surface area contributed by atoms with Crippen molar-refractivity contribution in [3.63, 3.8) is 0 Å². The Morgan fingerprint density at radius 1 is 0.667 bits per heavy atom. The molecule has 0 aliphatic rings. The molecule has 0 amide bonds. The third-order valence-electron chi connectivity index (χ3n) is 1.16. The van der Waals surface area contributed by atoms with Gasteiger partial charge in [0.15, 0.2) is 0 Å². The Hall–Kier alpha value is 0.270. The van der Waals surface area contributed by atoms with Crippen molar-refractivity contribution in [1.82, 2.24) is 0 Å². The zero-order chi connectivity index (χ0) is 6.24. The quantitative estimate of drug-likeness (QED) is 0.563. The average molecular weight is 150 g/mol. The van der Waals surface area contributed by atoms with E-state index in [0.29, 0.717) is 0 Å². The van der Waals surface area contributed by atoms with Crippen molar-refractivity contribution in [2.45, 2.75) is 25.7 Å². The van der Waals surface area contributed by atoms with Crippen LogP contribution in [-0.2, 0) is 0 Å². The molecule has 0 aliphatic carbocycles. The van der Waals surface area contributed by atoms with Crippen molar-refractivity contribution < 1.29 is 0 Å². The highest BCUT2D eigenvalue weighted by Gasteiger charge is 1.83. The number of rotatable bonds is 5. The lowest BCUT2D eigenvalue weighted by Crippen LogP contribution is -2.00. The fourth-order valence-electron chi connectivity index (χ4n) is 0.642. The highest BCUT2D eigenvalue weighted by atomic mass is 32.1. The van der Waals surface area contributed by atoms with Crippen LogP contribution in [0, 0.1) is 0 Å². The average Bonchev–Trinajstić information content (AvgIpc) is 1.81. The predicted octanol–water partition coefficient (Wildman–Crippen LogP) is 0.577. The van der Waals surface area contributed by atoms with Crippen LogP contribution in [0.2, 0.25) is 0 Å². The minimum Gasteiger partial charge on any atom is -0.330 e. The van der Waals surface area contributed by atoms with Gasteiger partial charge in [-0.25, -0.2) is 0 Å². The number of nitrogens with two attached hydrogens (primary N) is 2. The lowest BCUT2D eigenvalue weighted by molar-refractivity contribution is 0.653. The highest BCUT2D eigenvalue weighted by molar-refractivity contribution is 7.59. The zero-order valence-corrected chi connectivity index (χ0v) is 6.90. The van der Waals surface area contributed by atoms with E-state index in [4.69, 9.17) is 11.5 Å². The van der Waals surface area contributed by atoms with Gasteiger partial charge < -0.3 is 11.5 Å². The van der Waals surface area contributed by atoms with Gasteiger partial charge in [-0.15, -0.1) is 0 Å². The topological polar surface area (TPSA) is 52.0 Å². The van der Waals surface area contributed by atoms with E-state index < -0.39 is 0 Å². The van der Waals surface area contributed by atoms with Crippen molar-refractivity contribution in [2.75, 3.05) is 13.1 Å². The molecule has 0 unspecified atom stereocenters. The minimum atomic E-state index is 0. The molecule has 0 radical (unpaired) electrons. The Kier molecular flexibility index (Phi) is 14.8. The second-order valence-corrected chi connectivity index (χ2v) is 1.99. The molecule has 4 N–H and O–H groups in total. The van der Waals surface area contributed by atoms with E-state index in [1.807, 2.05) is 0 Å². The van der Waals surface area contributed by atoms with E-state index in [0.717, 1.165) is 25.9 Å². The van der Waals surface area contributed by atoms with Crippen molar-refractivity contribution >= 4 is 13.5 Å². The van der Waals surface area contributed by atoms with Crippen molar-refractivity contribution in [3.8, 4) is 0 Å². The molecule has 58 valence electrons. The first-order valence-corrected chi connectivity index (χ1v) is 3.32. The Balaban J connectivity index is 0. The first-order chi connectivity index (χ1) is 3.91. The summed E-state index contributed by atoms with van der Waals surface area (Å²) in [6.07, 6.45) is 4.79. The van der Waals surface area contributed by atoms with E-state index in [1.54, 1.807) is 0 Å². The lowest BCUT2D eigenvalue weighted by atomic mass is 10.2. The Morgan fingerprint density at radius 3 is 1.22 bits per heavy atom. The molecular formula is C6H18N2S. The summed E-state index contributed by atoms with van der Waals surface area (Å²) in [6, 6.07) is 0. The number of unbranched alkanes of at least 4 members (excludes halogenated alkanes) is 3. The molecular weight excluding hydrogens is 132 g/mol. The number of hydrogen-bond acceptors (Lipinski definition) is 2. The van der Waals surface area contributed by atoms with Crippen LogP contribution in [0.5, 0.6) is 0 Å². The van der Waals surface area contributed by atoms with Gasteiger partial charge >= 0.3 is 0 Å². The Bertz CT molecular complexity index is 36.0. The first-order valence-electron chi connectivity index (χ1n) is 3.32. The molecule has 0 aromatic carbocycles. The van der Waals surface area contributed by atoms with Gasteiger partial charge in [0.25, 0.3) is 0 Å². The maximum Gasteiger partial charge on any atom is -0.00773 e. The summed E-state index contributed by atoms with van der Waals surface area (Å²) in [7, 11) is 0. The van der Waals surface area contributed by atoms with Gasteiger partial charge in [-0.1, -0.05) is 12.8 Å². The Morgan fingerprint density at radius 2 is 1.00 bits per heavy atom. The van der Waals surface area contributed by atoms with E-state index in [1.165, 1.54) is 12.8 Å². The molecule has 0 bridgehead atoms. The zero-order valence-electron chi connectivity index (χ0n) is 5.90. The summed E-state index contributed by atoms with van der Waals surface area (Å²) >= 11 is 0. The van der Waals surface area contributed by atoms with Gasteiger partial charge in [0.2, 0.25) is 0 Å². The van der Waals surface area contributed by atoms with E-state index >= 15 is 0 Å². The molecule has 9 heavy (non-hydrogen) atoms. The second-order valence-electron chi connectivity index (χ2n) is 1.99. The van der Waals surface area contributed by atoms with Crippen LogP contribution in [-0.4, -0.2) is 13.1 Å². The Labute approximate surface area is 64.4 Å². The monoisotopic (exact) mass is 150 g/mol. The normalized spacial score (nSPS) is 8.67. The van der Waals surface area contributed by atoms with Gasteiger partial charge in [0, 0.05) is 0 Å². The van der Waals surface area contributed by atoms with Crippen molar-refractivity contribution in [2.24, 2.45) is 11.5 Å². The predicted molar refractivity (Wildman–Crippen MR) is 47.0 cm³/mol. The summed E-state index contributed by atoms with van der Waals surface area (Å²) in [5.41, 5.74) is 10.6. The van der Waals surface area contributed by atoms with Crippen LogP contribution in [0.4, 0.5) is 0 Å². The summed E-state index contributed by atoms with van der Waals surface area (Å²) < 4.78 is 0. The molecule has 0 spiro atoms. The van der Waals surface area contributed by atoms with E-state index in [-0.39, 0.29) is 13.5 Å². The van der Waals surface area contributed by atoms with Crippen LogP contribution in [0.15, 0.2) is 0 Å². The van der Waals surface area contributed by atoms with Gasteiger partial charge in [-0.05, 0) is 25.9 Å². The smallest absolute Gasteiger partial charge is 0.00773 e. The molecule has 0 heterocycles. The SMILES string of the molecule is NCCCCCCN.S. The van der Waals surface area contributed by atoms with Crippen LogP contribution in [0.3, 0.4) is 0 Å². The van der Waals surface area contributed by atoms with Crippen LogP contribution in [0.1, 0.15) is 25.7 Å². The minimum absolute atomic E-state index is 0. The van der Waals surface area contributed by atoms with E-state index in [9.17, 15) is 0 Å². The summed E-state index contributed by atoms with van der Waals surface area (Å²) in [5.74, 6) is 0. The molecule has 0 saturated heterocycles. The largest absolute Gasteiger partial charge is 0.330 e. The van der Waals surface area contributed by atoms with Crippen LogP contribution in [0.25, 0.3) is 0 Å². The fraction of sp³-hybridized carbons (Fsp3) is 1.00. The van der Waals surface area contributed by atoms with Gasteiger partial charge in [-0.2, -0.15) is 13.5 Å². The maximum absolute atomic E-state index is 5.28. The molecule has 2 nitrogen and oxygen atoms in total. The highest BCUT2D eigenvalue weighted by Crippen LogP contribution is 1.95. The molecule has 0 aliphatic heterocycles. The maximum atomic E-state index is 5.28. The van der Waals surface area contributed by atoms with Crippen molar-refractivity contribution in [1.29, 1.82) is 0 Å². The molecule has 0 rings (SSSR count). The second kappa shape index (κ2) is 11.1. The molecule has 0 atom stereocenters. The lowest BCUT2D eigenvalue weighted by Gasteiger charge is -1.94. The van der Waals surface area contributed by atoms with Gasteiger partial charge in [-0.3, -0.25) is 0 Å². The molecule has 0 aromatic rings. The molecule has 0 aromatic heterocycles. The standard InChI is InChI=1S/C6H16N2.H2S/c7-5-3-1-2-4-6-8;/h1-8H2;1H2. The molecule has 0 fully saturated rings. The molecule has 0 saturated carbocycles.